The monoisotopic (exact) mass is 343 g/mol. The van der Waals surface area contributed by atoms with Crippen LogP contribution < -0.4 is 14.8 Å². The second kappa shape index (κ2) is 8.92. The zero-order valence-electron chi connectivity index (χ0n) is 15.2. The summed E-state index contributed by atoms with van der Waals surface area (Å²) in [6.45, 7) is 4.99. The van der Waals surface area contributed by atoms with Gasteiger partial charge in [-0.15, -0.1) is 0 Å². The molecule has 0 aliphatic heterocycles. The summed E-state index contributed by atoms with van der Waals surface area (Å²) in [4.78, 5) is 18.5. The van der Waals surface area contributed by atoms with E-state index in [1.165, 1.54) is 0 Å². The Morgan fingerprint density at radius 3 is 2.72 bits per heavy atom. The zero-order valence-corrected chi connectivity index (χ0v) is 15.2. The summed E-state index contributed by atoms with van der Waals surface area (Å²) >= 11 is 0. The molecule has 0 aliphatic rings. The summed E-state index contributed by atoms with van der Waals surface area (Å²) in [7, 11) is 3.20. The summed E-state index contributed by atoms with van der Waals surface area (Å²) in [6, 6.07) is 11.3. The van der Waals surface area contributed by atoms with Gasteiger partial charge in [-0.1, -0.05) is 12.1 Å². The van der Waals surface area contributed by atoms with E-state index in [1.54, 1.807) is 25.3 Å². The van der Waals surface area contributed by atoms with E-state index in [4.69, 9.17) is 9.47 Å². The summed E-state index contributed by atoms with van der Waals surface area (Å²) in [5.74, 6) is 1.31. The first kappa shape index (κ1) is 18.6. The number of hydrogen-bond acceptors (Lipinski definition) is 4. The molecule has 1 unspecified atom stereocenters. The van der Waals surface area contributed by atoms with E-state index in [0.717, 1.165) is 16.9 Å². The second-order valence-corrected chi connectivity index (χ2v) is 5.60. The van der Waals surface area contributed by atoms with Gasteiger partial charge in [-0.25, -0.2) is 9.78 Å². The quantitative estimate of drug-likeness (QED) is 0.837. The van der Waals surface area contributed by atoms with Crippen LogP contribution in [0, 0.1) is 0 Å². The largest absolute Gasteiger partial charge is 0.497 e. The van der Waals surface area contributed by atoms with Gasteiger partial charge in [0.1, 0.15) is 5.75 Å². The molecule has 0 fully saturated rings. The highest BCUT2D eigenvalue weighted by atomic mass is 16.5. The fourth-order valence-corrected chi connectivity index (χ4v) is 2.63. The molecule has 2 aromatic rings. The Labute approximate surface area is 148 Å². The fraction of sp³-hybridized carbons (Fsp3) is 0.368. The maximum atomic E-state index is 12.6. The molecule has 6 nitrogen and oxygen atoms in total. The van der Waals surface area contributed by atoms with Gasteiger partial charge >= 0.3 is 6.03 Å². The van der Waals surface area contributed by atoms with Crippen LogP contribution in [0.4, 0.5) is 4.79 Å². The maximum Gasteiger partial charge on any atom is 0.318 e. The average Bonchev–Trinajstić information content (AvgIpc) is 2.67. The molecule has 1 heterocycles. The number of amides is 2. The topological polar surface area (TPSA) is 63.7 Å². The van der Waals surface area contributed by atoms with Crippen molar-refractivity contribution in [3.8, 4) is 11.6 Å². The first-order valence-corrected chi connectivity index (χ1v) is 8.26. The summed E-state index contributed by atoms with van der Waals surface area (Å²) < 4.78 is 10.4. The van der Waals surface area contributed by atoms with Crippen molar-refractivity contribution in [1.82, 2.24) is 15.2 Å². The number of nitrogens with zero attached hydrogens (tertiary/aromatic N) is 2. The van der Waals surface area contributed by atoms with Crippen molar-refractivity contribution in [2.24, 2.45) is 0 Å². The summed E-state index contributed by atoms with van der Waals surface area (Å²) in [6.07, 6.45) is 1.66. The third kappa shape index (κ3) is 4.86. The van der Waals surface area contributed by atoms with Crippen LogP contribution in [0.5, 0.6) is 11.6 Å². The van der Waals surface area contributed by atoms with Crippen LogP contribution in [-0.4, -0.2) is 36.7 Å². The molecule has 0 saturated heterocycles. The van der Waals surface area contributed by atoms with Gasteiger partial charge in [0, 0.05) is 25.4 Å². The number of urea groups is 1. The summed E-state index contributed by atoms with van der Waals surface area (Å²) in [5.41, 5.74) is 1.97. The van der Waals surface area contributed by atoms with Crippen molar-refractivity contribution in [3.63, 3.8) is 0 Å². The number of pyridine rings is 1. The standard InChI is InChI=1S/C19H25N3O3/c1-5-22(14(2)16-7-6-8-17(12-16)24-3)19(23)21-13-15-9-10-20-18(11-15)25-4/h6-12,14H,5,13H2,1-4H3,(H,21,23). The number of carbonyl (C=O) groups is 1. The van der Waals surface area contributed by atoms with Gasteiger partial charge in [0.2, 0.25) is 5.88 Å². The Kier molecular flexibility index (Phi) is 6.62. The average molecular weight is 343 g/mol. The van der Waals surface area contributed by atoms with Gasteiger partial charge in [0.05, 0.1) is 20.3 Å². The van der Waals surface area contributed by atoms with Gasteiger partial charge in [-0.3, -0.25) is 0 Å². The van der Waals surface area contributed by atoms with Gasteiger partial charge in [0.25, 0.3) is 0 Å². The third-order valence-electron chi connectivity index (χ3n) is 4.10. The molecular weight excluding hydrogens is 318 g/mol. The normalized spacial score (nSPS) is 11.5. The van der Waals surface area contributed by atoms with Crippen molar-refractivity contribution < 1.29 is 14.3 Å². The minimum absolute atomic E-state index is 0.0629. The molecule has 1 aromatic heterocycles. The molecule has 0 radical (unpaired) electrons. The molecule has 6 heteroatoms. The van der Waals surface area contributed by atoms with Crippen molar-refractivity contribution in [2.75, 3.05) is 20.8 Å². The molecule has 25 heavy (non-hydrogen) atoms. The van der Waals surface area contributed by atoms with Gasteiger partial charge in [-0.05, 0) is 43.2 Å². The molecule has 1 aromatic carbocycles. The van der Waals surface area contributed by atoms with E-state index in [-0.39, 0.29) is 12.1 Å². The van der Waals surface area contributed by atoms with Gasteiger partial charge in [0.15, 0.2) is 0 Å². The van der Waals surface area contributed by atoms with Crippen LogP contribution in [0.25, 0.3) is 0 Å². The lowest BCUT2D eigenvalue weighted by atomic mass is 10.1. The highest BCUT2D eigenvalue weighted by Crippen LogP contribution is 2.24. The van der Waals surface area contributed by atoms with Crippen LogP contribution in [-0.2, 0) is 6.54 Å². The number of methoxy groups -OCH3 is 2. The van der Waals surface area contributed by atoms with Gasteiger partial charge < -0.3 is 19.7 Å². The second-order valence-electron chi connectivity index (χ2n) is 5.60. The van der Waals surface area contributed by atoms with E-state index < -0.39 is 0 Å². The third-order valence-corrected chi connectivity index (χ3v) is 4.10. The van der Waals surface area contributed by atoms with Crippen molar-refractivity contribution in [2.45, 2.75) is 26.4 Å². The zero-order chi connectivity index (χ0) is 18.2. The predicted octanol–water partition coefficient (Wildman–Crippen LogP) is 3.39. The van der Waals surface area contributed by atoms with Crippen LogP contribution in [0.1, 0.15) is 31.0 Å². The number of rotatable bonds is 7. The molecule has 134 valence electrons. The minimum Gasteiger partial charge on any atom is -0.497 e. The smallest absolute Gasteiger partial charge is 0.318 e. The molecule has 1 N–H and O–H groups in total. The number of nitrogens with one attached hydrogen (secondary N) is 1. The van der Waals surface area contributed by atoms with E-state index in [2.05, 4.69) is 10.3 Å². The lowest BCUT2D eigenvalue weighted by Crippen LogP contribution is -2.41. The highest BCUT2D eigenvalue weighted by Gasteiger charge is 2.20. The maximum absolute atomic E-state index is 12.6. The molecular formula is C19H25N3O3. The number of hydrogen-bond donors (Lipinski definition) is 1. The fourth-order valence-electron chi connectivity index (χ4n) is 2.63. The molecule has 2 rings (SSSR count). The van der Waals surface area contributed by atoms with Crippen molar-refractivity contribution >= 4 is 6.03 Å². The van der Waals surface area contributed by atoms with E-state index in [0.29, 0.717) is 19.0 Å². The number of benzene rings is 1. The lowest BCUT2D eigenvalue weighted by Gasteiger charge is -2.28. The van der Waals surface area contributed by atoms with Gasteiger partial charge in [-0.2, -0.15) is 0 Å². The number of aromatic nitrogens is 1. The first-order valence-electron chi connectivity index (χ1n) is 8.26. The Balaban J connectivity index is 2.04. The van der Waals surface area contributed by atoms with Crippen LogP contribution in [0.3, 0.4) is 0 Å². The molecule has 0 saturated carbocycles. The highest BCUT2D eigenvalue weighted by molar-refractivity contribution is 5.74. The molecule has 0 bridgehead atoms. The molecule has 0 aliphatic carbocycles. The van der Waals surface area contributed by atoms with Crippen LogP contribution >= 0.6 is 0 Å². The van der Waals surface area contributed by atoms with Crippen LogP contribution in [0.15, 0.2) is 42.6 Å². The Morgan fingerprint density at radius 2 is 2.04 bits per heavy atom. The first-order chi connectivity index (χ1) is 12.1. The SMILES string of the molecule is CCN(C(=O)NCc1ccnc(OC)c1)C(C)c1cccc(OC)c1. The Bertz CT molecular complexity index is 706. The Morgan fingerprint density at radius 1 is 1.24 bits per heavy atom. The van der Waals surface area contributed by atoms with E-state index in [1.807, 2.05) is 50.2 Å². The molecule has 0 spiro atoms. The Hall–Kier alpha value is -2.76. The summed E-state index contributed by atoms with van der Waals surface area (Å²) in [5, 5.41) is 2.95. The van der Waals surface area contributed by atoms with Crippen molar-refractivity contribution in [1.29, 1.82) is 0 Å². The lowest BCUT2D eigenvalue weighted by molar-refractivity contribution is 0.182. The number of ether oxygens (including phenoxy) is 2. The van der Waals surface area contributed by atoms with E-state index in [9.17, 15) is 4.79 Å². The van der Waals surface area contributed by atoms with Crippen LogP contribution in [0.2, 0.25) is 0 Å². The molecule has 2 amide bonds. The van der Waals surface area contributed by atoms with E-state index >= 15 is 0 Å². The minimum atomic E-state index is -0.117. The number of carbonyl (C=O) groups excluding carboxylic acids is 1. The predicted molar refractivity (Wildman–Crippen MR) is 96.8 cm³/mol. The van der Waals surface area contributed by atoms with Crippen molar-refractivity contribution in [3.05, 3.63) is 53.7 Å². The molecule has 1 atom stereocenters.